The molecule has 1 N–H and O–H groups in total. The lowest BCUT2D eigenvalue weighted by molar-refractivity contribution is 0.288. The van der Waals surface area contributed by atoms with E-state index in [4.69, 9.17) is 5.11 Å². The van der Waals surface area contributed by atoms with Crippen molar-refractivity contribution in [1.29, 1.82) is 0 Å². The molecule has 0 spiro atoms. The van der Waals surface area contributed by atoms with Crippen LogP contribution in [-0.2, 0) is 6.42 Å². The van der Waals surface area contributed by atoms with Crippen molar-refractivity contribution < 1.29 is 9.50 Å². The van der Waals surface area contributed by atoms with E-state index in [9.17, 15) is 4.39 Å². The number of hydrogen-bond acceptors (Lipinski definition) is 1. The van der Waals surface area contributed by atoms with E-state index >= 15 is 0 Å². The van der Waals surface area contributed by atoms with Gasteiger partial charge in [0.05, 0.1) is 0 Å². The fourth-order valence-electron chi connectivity index (χ4n) is 1.87. The lowest BCUT2D eigenvalue weighted by Crippen LogP contribution is -1.90. The van der Waals surface area contributed by atoms with Crippen molar-refractivity contribution in [2.24, 2.45) is 0 Å². The zero-order valence-electron chi connectivity index (χ0n) is 9.57. The summed E-state index contributed by atoms with van der Waals surface area (Å²) in [7, 11) is 0. The average Bonchev–Trinajstić information content (AvgIpc) is 2.37. The van der Waals surface area contributed by atoms with Crippen molar-refractivity contribution in [2.45, 2.75) is 12.8 Å². The van der Waals surface area contributed by atoms with Crippen molar-refractivity contribution in [2.75, 3.05) is 6.61 Å². The van der Waals surface area contributed by atoms with Gasteiger partial charge < -0.3 is 5.11 Å². The molecule has 0 fully saturated rings. The highest BCUT2D eigenvalue weighted by molar-refractivity contribution is 5.64. The molecule has 2 aromatic rings. The van der Waals surface area contributed by atoms with Gasteiger partial charge in [0.25, 0.3) is 0 Å². The fourth-order valence-corrected chi connectivity index (χ4v) is 1.87. The van der Waals surface area contributed by atoms with E-state index in [-0.39, 0.29) is 12.4 Å². The number of aryl methyl sites for hydroxylation is 1. The van der Waals surface area contributed by atoms with Crippen molar-refractivity contribution in [1.82, 2.24) is 0 Å². The molecule has 0 saturated heterocycles. The van der Waals surface area contributed by atoms with Crippen molar-refractivity contribution in [3.63, 3.8) is 0 Å². The highest BCUT2D eigenvalue weighted by Crippen LogP contribution is 2.23. The van der Waals surface area contributed by atoms with Gasteiger partial charge in [-0.3, -0.25) is 0 Å². The summed E-state index contributed by atoms with van der Waals surface area (Å²) in [5, 5.41) is 8.80. The standard InChI is InChI=1S/C15H15FO/c16-15-9-2-1-8-14(15)13-7-3-5-12(11-13)6-4-10-17/h1-3,5,7-9,11,17H,4,6,10H2. The lowest BCUT2D eigenvalue weighted by atomic mass is 10.0. The minimum atomic E-state index is -0.202. The van der Waals surface area contributed by atoms with Gasteiger partial charge in [-0.1, -0.05) is 42.5 Å². The molecule has 0 saturated carbocycles. The Labute approximate surface area is 101 Å². The van der Waals surface area contributed by atoms with E-state index in [1.165, 1.54) is 6.07 Å². The number of rotatable bonds is 4. The van der Waals surface area contributed by atoms with Crippen LogP contribution in [0.3, 0.4) is 0 Å². The second-order valence-electron chi connectivity index (χ2n) is 4.01. The molecule has 0 aliphatic heterocycles. The molecule has 0 radical (unpaired) electrons. The van der Waals surface area contributed by atoms with Crippen LogP contribution >= 0.6 is 0 Å². The Morgan fingerprint density at radius 1 is 1.00 bits per heavy atom. The quantitative estimate of drug-likeness (QED) is 0.853. The van der Waals surface area contributed by atoms with Crippen LogP contribution in [0.1, 0.15) is 12.0 Å². The molecule has 0 aliphatic rings. The Bertz CT molecular complexity index is 494. The van der Waals surface area contributed by atoms with Gasteiger partial charge in [0.1, 0.15) is 5.82 Å². The molecule has 2 rings (SSSR count). The number of hydrogen-bond donors (Lipinski definition) is 1. The second-order valence-corrected chi connectivity index (χ2v) is 4.01. The molecule has 88 valence electrons. The molecular weight excluding hydrogens is 215 g/mol. The van der Waals surface area contributed by atoms with Gasteiger partial charge in [0.15, 0.2) is 0 Å². The highest BCUT2D eigenvalue weighted by atomic mass is 19.1. The Morgan fingerprint density at radius 3 is 2.59 bits per heavy atom. The molecule has 1 nitrogen and oxygen atoms in total. The first-order valence-corrected chi connectivity index (χ1v) is 5.76. The number of aliphatic hydroxyl groups excluding tert-OH is 1. The van der Waals surface area contributed by atoms with Crippen LogP contribution in [0.15, 0.2) is 48.5 Å². The predicted molar refractivity (Wildman–Crippen MR) is 67.2 cm³/mol. The highest BCUT2D eigenvalue weighted by Gasteiger charge is 2.04. The largest absolute Gasteiger partial charge is 0.396 e. The topological polar surface area (TPSA) is 20.2 Å². The SMILES string of the molecule is OCCCc1cccc(-c2ccccc2F)c1. The van der Waals surface area contributed by atoms with Crippen LogP contribution in [-0.4, -0.2) is 11.7 Å². The zero-order chi connectivity index (χ0) is 12.1. The van der Waals surface area contributed by atoms with Crippen molar-refractivity contribution in [3.8, 4) is 11.1 Å². The summed E-state index contributed by atoms with van der Waals surface area (Å²) in [4.78, 5) is 0. The fraction of sp³-hybridized carbons (Fsp3) is 0.200. The van der Waals surface area contributed by atoms with Gasteiger partial charge in [-0.25, -0.2) is 4.39 Å². The first-order valence-electron chi connectivity index (χ1n) is 5.76. The monoisotopic (exact) mass is 230 g/mol. The van der Waals surface area contributed by atoms with Gasteiger partial charge in [-0.15, -0.1) is 0 Å². The Kier molecular flexibility index (Phi) is 3.89. The summed E-state index contributed by atoms with van der Waals surface area (Å²) < 4.78 is 13.6. The van der Waals surface area contributed by atoms with E-state index in [2.05, 4.69) is 0 Å². The zero-order valence-corrected chi connectivity index (χ0v) is 9.57. The van der Waals surface area contributed by atoms with E-state index in [0.717, 1.165) is 24.0 Å². The molecule has 0 bridgehead atoms. The maximum atomic E-state index is 13.6. The molecular formula is C15H15FO. The van der Waals surface area contributed by atoms with Crippen LogP contribution in [0.25, 0.3) is 11.1 Å². The van der Waals surface area contributed by atoms with E-state index in [1.807, 2.05) is 30.3 Å². The van der Waals surface area contributed by atoms with E-state index in [1.54, 1.807) is 12.1 Å². The van der Waals surface area contributed by atoms with Gasteiger partial charge in [-0.2, -0.15) is 0 Å². The van der Waals surface area contributed by atoms with Crippen LogP contribution in [0, 0.1) is 5.82 Å². The number of halogens is 1. The normalized spacial score (nSPS) is 10.5. The Morgan fingerprint density at radius 2 is 1.82 bits per heavy atom. The molecule has 0 amide bonds. The summed E-state index contributed by atoms with van der Waals surface area (Å²) in [6.07, 6.45) is 1.56. The molecule has 2 heteroatoms. The Balaban J connectivity index is 2.30. The maximum Gasteiger partial charge on any atom is 0.131 e. The molecule has 17 heavy (non-hydrogen) atoms. The molecule has 0 unspecified atom stereocenters. The smallest absolute Gasteiger partial charge is 0.131 e. The molecule has 0 heterocycles. The molecule has 0 atom stereocenters. The summed E-state index contributed by atoms with van der Waals surface area (Å²) in [5.74, 6) is -0.202. The van der Waals surface area contributed by atoms with E-state index in [0.29, 0.717) is 5.56 Å². The number of aliphatic hydroxyl groups is 1. The predicted octanol–water partition coefficient (Wildman–Crippen LogP) is 3.42. The molecule has 0 aromatic heterocycles. The van der Waals surface area contributed by atoms with Crippen LogP contribution in [0.4, 0.5) is 4.39 Å². The second kappa shape index (κ2) is 5.60. The summed E-state index contributed by atoms with van der Waals surface area (Å²) in [6, 6.07) is 14.6. The summed E-state index contributed by atoms with van der Waals surface area (Å²) in [6.45, 7) is 0.184. The lowest BCUT2D eigenvalue weighted by Gasteiger charge is -2.06. The van der Waals surface area contributed by atoms with Gasteiger partial charge in [0.2, 0.25) is 0 Å². The van der Waals surface area contributed by atoms with Crippen molar-refractivity contribution >= 4 is 0 Å². The summed E-state index contributed by atoms with van der Waals surface area (Å²) in [5.41, 5.74) is 2.64. The van der Waals surface area contributed by atoms with Crippen LogP contribution in [0.2, 0.25) is 0 Å². The van der Waals surface area contributed by atoms with Crippen LogP contribution in [0.5, 0.6) is 0 Å². The van der Waals surface area contributed by atoms with Gasteiger partial charge in [0, 0.05) is 12.2 Å². The third-order valence-corrected chi connectivity index (χ3v) is 2.74. The van der Waals surface area contributed by atoms with Gasteiger partial charge in [-0.05, 0) is 30.0 Å². The molecule has 0 aliphatic carbocycles. The summed E-state index contributed by atoms with van der Waals surface area (Å²) >= 11 is 0. The average molecular weight is 230 g/mol. The van der Waals surface area contributed by atoms with Crippen LogP contribution < -0.4 is 0 Å². The van der Waals surface area contributed by atoms with E-state index < -0.39 is 0 Å². The minimum absolute atomic E-state index is 0.184. The maximum absolute atomic E-state index is 13.6. The minimum Gasteiger partial charge on any atom is -0.396 e. The molecule has 2 aromatic carbocycles. The third-order valence-electron chi connectivity index (χ3n) is 2.74. The Hall–Kier alpha value is -1.67. The number of benzene rings is 2. The first-order chi connectivity index (χ1) is 8.31. The third kappa shape index (κ3) is 2.92. The van der Waals surface area contributed by atoms with Crippen molar-refractivity contribution in [3.05, 3.63) is 59.9 Å². The van der Waals surface area contributed by atoms with Gasteiger partial charge >= 0.3 is 0 Å². The first kappa shape index (κ1) is 11.8.